The summed E-state index contributed by atoms with van der Waals surface area (Å²) in [7, 11) is 4.79. The van der Waals surface area contributed by atoms with E-state index >= 15 is 0 Å². The van der Waals surface area contributed by atoms with Crippen LogP contribution in [0.3, 0.4) is 0 Å². The maximum atomic E-state index is 12.0. The molecule has 25 heavy (non-hydrogen) atoms. The molecule has 7 heteroatoms. The third kappa shape index (κ3) is 5.36. The van der Waals surface area contributed by atoms with Gasteiger partial charge >= 0.3 is 0 Å². The van der Waals surface area contributed by atoms with E-state index in [1.165, 1.54) is 0 Å². The van der Waals surface area contributed by atoms with Gasteiger partial charge in [0, 0.05) is 32.0 Å². The minimum Gasteiger partial charge on any atom is -0.493 e. The number of benzene rings is 1. The van der Waals surface area contributed by atoms with Gasteiger partial charge in [0.05, 0.1) is 20.8 Å². The molecule has 2 N–H and O–H groups in total. The molecule has 0 radical (unpaired) electrons. The van der Waals surface area contributed by atoms with Gasteiger partial charge in [-0.1, -0.05) is 6.07 Å². The fourth-order valence-electron chi connectivity index (χ4n) is 2.22. The van der Waals surface area contributed by atoms with Crippen molar-refractivity contribution in [3.05, 3.63) is 47.7 Å². The van der Waals surface area contributed by atoms with Crippen LogP contribution in [0.2, 0.25) is 0 Å². The molecule has 0 fully saturated rings. The van der Waals surface area contributed by atoms with Crippen LogP contribution < -0.4 is 20.1 Å². The predicted molar refractivity (Wildman–Crippen MR) is 95.3 cm³/mol. The quantitative estimate of drug-likeness (QED) is 0.677. The lowest BCUT2D eigenvalue weighted by atomic mass is 10.2. The average Bonchev–Trinajstić information content (AvgIpc) is 2.66. The van der Waals surface area contributed by atoms with Crippen LogP contribution in [0.1, 0.15) is 15.9 Å². The van der Waals surface area contributed by atoms with E-state index in [9.17, 15) is 4.79 Å². The second-order valence-electron chi connectivity index (χ2n) is 5.22. The summed E-state index contributed by atoms with van der Waals surface area (Å²) in [4.78, 5) is 16.3. The minimum atomic E-state index is -0.159. The number of anilines is 1. The van der Waals surface area contributed by atoms with Crippen LogP contribution in [-0.4, -0.2) is 45.4 Å². The van der Waals surface area contributed by atoms with Crippen molar-refractivity contribution in [2.24, 2.45) is 0 Å². The zero-order valence-electron chi connectivity index (χ0n) is 14.7. The SMILES string of the molecule is COCCNC(=O)c1ccnc(NCc2ccc(OC)c(OC)c2)c1. The predicted octanol–water partition coefficient (Wildman–Crippen LogP) is 2.09. The second-order valence-corrected chi connectivity index (χ2v) is 5.22. The minimum absolute atomic E-state index is 0.159. The highest BCUT2D eigenvalue weighted by Crippen LogP contribution is 2.27. The molecule has 0 aliphatic rings. The lowest BCUT2D eigenvalue weighted by Gasteiger charge is -2.11. The van der Waals surface area contributed by atoms with Gasteiger partial charge in [0.25, 0.3) is 5.91 Å². The number of hydrogen-bond donors (Lipinski definition) is 2. The summed E-state index contributed by atoms with van der Waals surface area (Å²) in [5, 5.41) is 5.98. The van der Waals surface area contributed by atoms with E-state index in [0.717, 1.165) is 5.56 Å². The van der Waals surface area contributed by atoms with Crippen LogP contribution in [0.25, 0.3) is 0 Å². The molecule has 1 aromatic heterocycles. The van der Waals surface area contributed by atoms with E-state index in [-0.39, 0.29) is 5.91 Å². The summed E-state index contributed by atoms with van der Waals surface area (Å²) in [5.41, 5.74) is 1.55. The maximum absolute atomic E-state index is 12.0. The number of pyridine rings is 1. The largest absolute Gasteiger partial charge is 0.493 e. The monoisotopic (exact) mass is 345 g/mol. The summed E-state index contributed by atoms with van der Waals surface area (Å²) in [6.45, 7) is 1.48. The first-order valence-corrected chi connectivity index (χ1v) is 7.86. The Balaban J connectivity index is 1.99. The molecule has 0 aliphatic heterocycles. The van der Waals surface area contributed by atoms with E-state index in [1.807, 2.05) is 18.2 Å². The zero-order valence-corrected chi connectivity index (χ0v) is 14.7. The summed E-state index contributed by atoms with van der Waals surface area (Å²) in [6.07, 6.45) is 1.60. The van der Waals surface area contributed by atoms with Gasteiger partial charge in [0.2, 0.25) is 0 Å². The molecule has 7 nitrogen and oxygen atoms in total. The van der Waals surface area contributed by atoms with Crippen molar-refractivity contribution < 1.29 is 19.0 Å². The Morgan fingerprint density at radius 2 is 1.88 bits per heavy atom. The molecule has 1 amide bonds. The molecular weight excluding hydrogens is 322 g/mol. The van der Waals surface area contributed by atoms with Crippen LogP contribution in [0, 0.1) is 0 Å². The number of carbonyl (C=O) groups is 1. The lowest BCUT2D eigenvalue weighted by molar-refractivity contribution is 0.0937. The van der Waals surface area contributed by atoms with Gasteiger partial charge in [-0.15, -0.1) is 0 Å². The number of hydrogen-bond acceptors (Lipinski definition) is 6. The summed E-state index contributed by atoms with van der Waals surface area (Å²) in [5.74, 6) is 1.81. The normalized spacial score (nSPS) is 10.2. The molecule has 2 rings (SSSR count). The van der Waals surface area contributed by atoms with Gasteiger partial charge in [-0.2, -0.15) is 0 Å². The molecule has 0 atom stereocenters. The fraction of sp³-hybridized carbons (Fsp3) is 0.333. The third-order valence-electron chi connectivity index (χ3n) is 3.54. The van der Waals surface area contributed by atoms with Crippen LogP contribution >= 0.6 is 0 Å². The first-order chi connectivity index (χ1) is 12.2. The Bertz CT molecular complexity index is 706. The number of rotatable bonds is 9. The Morgan fingerprint density at radius 3 is 2.60 bits per heavy atom. The first-order valence-electron chi connectivity index (χ1n) is 7.86. The topological polar surface area (TPSA) is 81.7 Å². The van der Waals surface area contributed by atoms with Gasteiger partial charge < -0.3 is 24.8 Å². The van der Waals surface area contributed by atoms with E-state index in [1.54, 1.807) is 39.7 Å². The number of ether oxygens (including phenoxy) is 3. The maximum Gasteiger partial charge on any atom is 0.251 e. The molecule has 0 saturated carbocycles. The molecule has 0 saturated heterocycles. The first kappa shape index (κ1) is 18.5. The fourth-order valence-corrected chi connectivity index (χ4v) is 2.22. The van der Waals surface area contributed by atoms with Crippen LogP contribution in [-0.2, 0) is 11.3 Å². The Labute approximate surface area is 147 Å². The molecule has 134 valence electrons. The van der Waals surface area contributed by atoms with Crippen molar-refractivity contribution in [3.63, 3.8) is 0 Å². The standard InChI is InChI=1S/C18H23N3O4/c1-23-9-8-20-18(22)14-6-7-19-17(11-14)21-12-13-4-5-15(24-2)16(10-13)25-3/h4-7,10-11H,8-9,12H2,1-3H3,(H,19,21)(H,20,22). The average molecular weight is 345 g/mol. The van der Waals surface area contributed by atoms with Crippen molar-refractivity contribution in [2.45, 2.75) is 6.54 Å². The molecule has 0 bridgehead atoms. The van der Waals surface area contributed by atoms with E-state index in [4.69, 9.17) is 14.2 Å². The highest BCUT2D eigenvalue weighted by molar-refractivity contribution is 5.94. The third-order valence-corrected chi connectivity index (χ3v) is 3.54. The Kier molecular flexibility index (Phi) is 7.03. The second kappa shape index (κ2) is 9.48. The molecule has 0 unspecified atom stereocenters. The highest BCUT2D eigenvalue weighted by Gasteiger charge is 2.07. The molecule has 0 aliphatic carbocycles. The summed E-state index contributed by atoms with van der Waals surface area (Å²) >= 11 is 0. The van der Waals surface area contributed by atoms with Gasteiger partial charge in [-0.05, 0) is 29.8 Å². The van der Waals surface area contributed by atoms with Crippen molar-refractivity contribution in [1.82, 2.24) is 10.3 Å². The van der Waals surface area contributed by atoms with E-state index < -0.39 is 0 Å². The van der Waals surface area contributed by atoms with Crippen molar-refractivity contribution in [2.75, 3.05) is 39.8 Å². The van der Waals surface area contributed by atoms with E-state index in [2.05, 4.69) is 15.6 Å². The van der Waals surface area contributed by atoms with Crippen molar-refractivity contribution >= 4 is 11.7 Å². The summed E-state index contributed by atoms with van der Waals surface area (Å²) in [6, 6.07) is 9.07. The van der Waals surface area contributed by atoms with Gasteiger partial charge in [-0.3, -0.25) is 4.79 Å². The molecule has 0 spiro atoms. The number of nitrogens with zero attached hydrogens (tertiary/aromatic N) is 1. The van der Waals surface area contributed by atoms with Gasteiger partial charge in [0.1, 0.15) is 5.82 Å². The number of methoxy groups -OCH3 is 3. The number of amides is 1. The lowest BCUT2D eigenvalue weighted by Crippen LogP contribution is -2.27. The number of aromatic nitrogens is 1. The van der Waals surface area contributed by atoms with E-state index in [0.29, 0.717) is 42.6 Å². The Morgan fingerprint density at radius 1 is 1.08 bits per heavy atom. The smallest absolute Gasteiger partial charge is 0.251 e. The van der Waals surface area contributed by atoms with Crippen LogP contribution in [0.5, 0.6) is 11.5 Å². The molecular formula is C18H23N3O4. The Hall–Kier alpha value is -2.80. The number of nitrogens with one attached hydrogen (secondary N) is 2. The van der Waals surface area contributed by atoms with Gasteiger partial charge in [0.15, 0.2) is 11.5 Å². The van der Waals surface area contributed by atoms with Gasteiger partial charge in [-0.25, -0.2) is 4.98 Å². The zero-order chi connectivity index (χ0) is 18.1. The molecule has 1 heterocycles. The van der Waals surface area contributed by atoms with Crippen molar-refractivity contribution in [3.8, 4) is 11.5 Å². The highest BCUT2D eigenvalue weighted by atomic mass is 16.5. The molecule has 2 aromatic rings. The summed E-state index contributed by atoms with van der Waals surface area (Å²) < 4.78 is 15.4. The van der Waals surface area contributed by atoms with Crippen molar-refractivity contribution in [1.29, 1.82) is 0 Å². The van der Waals surface area contributed by atoms with Crippen LogP contribution in [0.15, 0.2) is 36.5 Å². The number of carbonyl (C=O) groups excluding carboxylic acids is 1. The van der Waals surface area contributed by atoms with Crippen LogP contribution in [0.4, 0.5) is 5.82 Å². The molecule has 1 aromatic carbocycles.